The number of anilines is 1. The second-order valence-corrected chi connectivity index (χ2v) is 10.4. The zero-order chi connectivity index (χ0) is 28.2. The summed E-state index contributed by atoms with van der Waals surface area (Å²) in [5.74, 6) is 0.732. The molecular weight excluding hydrogens is 552 g/mol. The lowest BCUT2D eigenvalue weighted by molar-refractivity contribution is 0.0595. The van der Waals surface area contributed by atoms with Crippen LogP contribution in [0.25, 0.3) is 11.1 Å². The molecule has 2 N–H and O–H groups in total. The van der Waals surface area contributed by atoms with E-state index in [2.05, 4.69) is 4.98 Å². The number of aromatic nitrogens is 1. The van der Waals surface area contributed by atoms with E-state index < -0.39 is 11.9 Å². The Labute approximate surface area is 242 Å². The normalized spacial score (nSPS) is 14.6. The first kappa shape index (κ1) is 27.7. The summed E-state index contributed by atoms with van der Waals surface area (Å²) in [6.07, 6.45) is 2.60. The predicted molar refractivity (Wildman–Crippen MR) is 156 cm³/mol. The quantitative estimate of drug-likeness (QED) is 0.228. The average Bonchev–Trinajstić information content (AvgIpc) is 2.97. The summed E-state index contributed by atoms with van der Waals surface area (Å²) in [6.45, 7) is 2.98. The molecule has 1 amide bonds. The van der Waals surface area contributed by atoms with Crippen molar-refractivity contribution < 1.29 is 18.7 Å². The minimum absolute atomic E-state index is 0.0122. The molecule has 5 rings (SSSR count). The van der Waals surface area contributed by atoms with Crippen LogP contribution in [0.15, 0.2) is 79.0 Å². The summed E-state index contributed by atoms with van der Waals surface area (Å²) in [5.41, 5.74) is 8.57. The summed E-state index contributed by atoms with van der Waals surface area (Å²) in [4.78, 5) is 19.3. The van der Waals surface area contributed by atoms with Gasteiger partial charge in [0.05, 0.1) is 5.02 Å². The SMILES string of the molecule is CC(Oc1cc(-c2ccc(C(=O)N3CCC(Oc4ccccc4)CC3)cc2)cnc1N)c1c(Cl)ccc(F)c1Cl. The van der Waals surface area contributed by atoms with E-state index in [4.69, 9.17) is 38.4 Å². The molecule has 1 aliphatic heterocycles. The van der Waals surface area contributed by atoms with Gasteiger partial charge in [-0.05, 0) is 55.0 Å². The van der Waals surface area contributed by atoms with Crippen LogP contribution in [0.4, 0.5) is 10.2 Å². The Balaban J connectivity index is 1.24. The molecule has 0 saturated carbocycles. The largest absolute Gasteiger partial charge is 0.490 e. The van der Waals surface area contributed by atoms with Crippen molar-refractivity contribution in [2.75, 3.05) is 18.8 Å². The number of nitrogens with zero attached hydrogens (tertiary/aromatic N) is 2. The molecule has 9 heteroatoms. The molecule has 1 fully saturated rings. The number of hydrogen-bond acceptors (Lipinski definition) is 5. The Morgan fingerprint density at radius 3 is 2.42 bits per heavy atom. The fraction of sp³-hybridized carbons (Fsp3) is 0.226. The average molecular weight is 580 g/mol. The van der Waals surface area contributed by atoms with Crippen molar-refractivity contribution in [3.05, 3.63) is 106 Å². The Morgan fingerprint density at radius 2 is 1.73 bits per heavy atom. The molecule has 0 bridgehead atoms. The molecule has 3 aromatic carbocycles. The summed E-state index contributed by atoms with van der Waals surface area (Å²) >= 11 is 12.4. The van der Waals surface area contributed by atoms with E-state index in [9.17, 15) is 9.18 Å². The summed E-state index contributed by atoms with van der Waals surface area (Å²) in [7, 11) is 0. The monoisotopic (exact) mass is 579 g/mol. The number of likely N-dealkylation sites (tertiary alicyclic amines) is 1. The van der Waals surface area contributed by atoms with Crippen molar-refractivity contribution in [2.45, 2.75) is 32.0 Å². The highest BCUT2D eigenvalue weighted by molar-refractivity contribution is 6.36. The van der Waals surface area contributed by atoms with Gasteiger partial charge in [0.1, 0.15) is 23.8 Å². The molecule has 4 aromatic rings. The number of nitrogens with two attached hydrogens (primary N) is 1. The lowest BCUT2D eigenvalue weighted by Gasteiger charge is -2.32. The first-order valence-electron chi connectivity index (χ1n) is 13.0. The van der Waals surface area contributed by atoms with Gasteiger partial charge >= 0.3 is 0 Å². The molecular formula is C31H28Cl2FN3O3. The van der Waals surface area contributed by atoms with Gasteiger partial charge < -0.3 is 20.1 Å². The number of rotatable bonds is 7. The number of carbonyl (C=O) groups is 1. The Hall–Kier alpha value is -3.81. The van der Waals surface area contributed by atoms with Crippen LogP contribution in [0.2, 0.25) is 10.0 Å². The van der Waals surface area contributed by atoms with E-state index in [-0.39, 0.29) is 27.9 Å². The van der Waals surface area contributed by atoms with Gasteiger partial charge in [0.15, 0.2) is 11.6 Å². The van der Waals surface area contributed by atoms with Gasteiger partial charge in [-0.2, -0.15) is 0 Å². The second kappa shape index (κ2) is 12.1. The topological polar surface area (TPSA) is 77.7 Å². The molecule has 40 heavy (non-hydrogen) atoms. The van der Waals surface area contributed by atoms with Crippen LogP contribution in [0, 0.1) is 5.82 Å². The molecule has 206 valence electrons. The highest BCUT2D eigenvalue weighted by atomic mass is 35.5. The standard InChI is InChI=1S/C31H28Cl2FN3O3/c1-19(28-25(32)11-12-26(34)29(28)33)39-27-17-22(18-36-30(27)35)20-7-9-21(10-8-20)31(38)37-15-13-24(14-16-37)40-23-5-3-2-4-6-23/h2-12,17-19,24H,13-16H2,1H3,(H2,35,36). The smallest absolute Gasteiger partial charge is 0.253 e. The summed E-state index contributed by atoms with van der Waals surface area (Å²) < 4.78 is 26.1. The van der Waals surface area contributed by atoms with Crippen LogP contribution in [0.5, 0.6) is 11.5 Å². The van der Waals surface area contributed by atoms with Crippen LogP contribution in [0.3, 0.4) is 0 Å². The molecule has 0 aliphatic carbocycles. The predicted octanol–water partition coefficient (Wildman–Crippen LogP) is 7.60. The number of carbonyl (C=O) groups excluding carboxylic acids is 1. The van der Waals surface area contributed by atoms with Gasteiger partial charge in [-0.1, -0.05) is 53.5 Å². The number of pyridine rings is 1. The molecule has 2 heterocycles. The fourth-order valence-corrected chi connectivity index (χ4v) is 5.41. The molecule has 0 radical (unpaired) electrons. The Kier molecular flexibility index (Phi) is 8.43. The second-order valence-electron chi connectivity index (χ2n) is 9.62. The fourth-order valence-electron chi connectivity index (χ4n) is 4.73. The summed E-state index contributed by atoms with van der Waals surface area (Å²) in [6, 6.07) is 21.4. The molecule has 1 unspecified atom stereocenters. The van der Waals surface area contributed by atoms with E-state index in [0.29, 0.717) is 30.0 Å². The van der Waals surface area contributed by atoms with Crippen molar-refractivity contribution in [1.82, 2.24) is 9.88 Å². The Bertz CT molecular complexity index is 1490. The molecule has 0 spiro atoms. The van der Waals surface area contributed by atoms with Gasteiger partial charge in [0.25, 0.3) is 5.91 Å². The summed E-state index contributed by atoms with van der Waals surface area (Å²) in [5, 5.41) is 0.186. The van der Waals surface area contributed by atoms with Crippen LogP contribution in [-0.4, -0.2) is 35.0 Å². The number of ether oxygens (including phenoxy) is 2. The van der Waals surface area contributed by atoms with E-state index >= 15 is 0 Å². The lowest BCUT2D eigenvalue weighted by Crippen LogP contribution is -2.41. The number of halogens is 3. The van der Waals surface area contributed by atoms with E-state index in [1.165, 1.54) is 12.1 Å². The highest BCUT2D eigenvalue weighted by Crippen LogP contribution is 2.37. The first-order valence-corrected chi connectivity index (χ1v) is 13.7. The van der Waals surface area contributed by atoms with Crippen molar-refractivity contribution >= 4 is 34.9 Å². The van der Waals surface area contributed by atoms with Crippen molar-refractivity contribution in [1.29, 1.82) is 0 Å². The zero-order valence-electron chi connectivity index (χ0n) is 21.8. The van der Waals surface area contributed by atoms with Crippen molar-refractivity contribution in [2.24, 2.45) is 0 Å². The van der Waals surface area contributed by atoms with E-state index in [1.54, 1.807) is 31.3 Å². The van der Waals surface area contributed by atoms with Crippen LogP contribution in [-0.2, 0) is 0 Å². The number of nitrogen functional groups attached to an aromatic ring is 1. The highest BCUT2D eigenvalue weighted by Gasteiger charge is 2.25. The third-order valence-corrected chi connectivity index (χ3v) is 7.63. The molecule has 1 aliphatic rings. The van der Waals surface area contributed by atoms with Gasteiger partial charge in [0, 0.05) is 53.8 Å². The van der Waals surface area contributed by atoms with Gasteiger partial charge in [-0.3, -0.25) is 4.79 Å². The van der Waals surface area contributed by atoms with Crippen molar-refractivity contribution in [3.63, 3.8) is 0 Å². The lowest BCUT2D eigenvalue weighted by atomic mass is 10.0. The van der Waals surface area contributed by atoms with Crippen LogP contribution < -0.4 is 15.2 Å². The third kappa shape index (κ3) is 6.16. The first-order chi connectivity index (χ1) is 19.3. The van der Waals surface area contributed by atoms with Crippen molar-refractivity contribution in [3.8, 4) is 22.6 Å². The van der Waals surface area contributed by atoms with Gasteiger partial charge in [-0.15, -0.1) is 0 Å². The zero-order valence-corrected chi connectivity index (χ0v) is 23.3. The number of piperidine rings is 1. The minimum atomic E-state index is -0.683. The maximum Gasteiger partial charge on any atom is 0.253 e. The number of benzene rings is 3. The van der Waals surface area contributed by atoms with E-state index in [0.717, 1.165) is 29.7 Å². The molecule has 6 nitrogen and oxygen atoms in total. The molecule has 1 atom stereocenters. The maximum atomic E-state index is 14.0. The minimum Gasteiger partial charge on any atom is -0.490 e. The number of hydrogen-bond donors (Lipinski definition) is 1. The van der Waals surface area contributed by atoms with Crippen LogP contribution in [0.1, 0.15) is 41.8 Å². The third-order valence-electron chi connectivity index (χ3n) is 6.91. The number of para-hydroxylation sites is 1. The maximum absolute atomic E-state index is 14.0. The Morgan fingerprint density at radius 1 is 1.02 bits per heavy atom. The van der Waals surface area contributed by atoms with Gasteiger partial charge in [0.2, 0.25) is 0 Å². The van der Waals surface area contributed by atoms with Gasteiger partial charge in [-0.25, -0.2) is 9.37 Å². The molecule has 1 saturated heterocycles. The number of amides is 1. The van der Waals surface area contributed by atoms with Crippen LogP contribution >= 0.6 is 23.2 Å². The van der Waals surface area contributed by atoms with E-state index in [1.807, 2.05) is 47.4 Å². The molecule has 1 aromatic heterocycles.